The van der Waals surface area contributed by atoms with Crippen molar-refractivity contribution in [2.24, 2.45) is 5.92 Å². The van der Waals surface area contributed by atoms with E-state index in [-0.39, 0.29) is 17.8 Å². The Hall–Kier alpha value is -2.53. The summed E-state index contributed by atoms with van der Waals surface area (Å²) < 4.78 is 10.4. The lowest BCUT2D eigenvalue weighted by Gasteiger charge is -2.17. The van der Waals surface area contributed by atoms with Crippen molar-refractivity contribution < 1.29 is 19.1 Å². The van der Waals surface area contributed by atoms with Crippen molar-refractivity contribution >= 4 is 29.2 Å². The number of esters is 1. The molecular formula is C19H18ClNO4. The normalized spacial score (nSPS) is 16.8. The summed E-state index contributed by atoms with van der Waals surface area (Å²) in [5, 5.41) is 0.607. The molecule has 1 unspecified atom stereocenters. The quantitative estimate of drug-likeness (QED) is 0.766. The highest BCUT2D eigenvalue weighted by molar-refractivity contribution is 6.30. The van der Waals surface area contributed by atoms with Gasteiger partial charge in [0.25, 0.3) is 0 Å². The molecule has 1 atom stereocenters. The molecule has 0 spiro atoms. The number of hydrogen-bond donors (Lipinski definition) is 0. The van der Waals surface area contributed by atoms with Crippen LogP contribution in [-0.2, 0) is 9.53 Å². The van der Waals surface area contributed by atoms with Crippen LogP contribution >= 0.6 is 11.6 Å². The Morgan fingerprint density at radius 1 is 1.24 bits per heavy atom. The van der Waals surface area contributed by atoms with Gasteiger partial charge in [-0.2, -0.15) is 0 Å². The molecule has 3 rings (SSSR count). The highest BCUT2D eigenvalue weighted by Gasteiger charge is 2.31. The van der Waals surface area contributed by atoms with Crippen molar-refractivity contribution in [2.45, 2.75) is 6.42 Å². The standard InChI is InChI=1S/C19H18ClNO4/c1-24-19(23)14-5-7-17(8-6-14)25-12-13-9-18(22)21(11-13)16-4-2-3-15(20)10-16/h2-8,10,13H,9,11-12H2,1H3. The van der Waals surface area contributed by atoms with E-state index < -0.39 is 0 Å². The van der Waals surface area contributed by atoms with Gasteiger partial charge in [-0.25, -0.2) is 4.79 Å². The topological polar surface area (TPSA) is 55.8 Å². The first kappa shape index (κ1) is 17.3. The second-order valence-electron chi connectivity index (χ2n) is 5.88. The highest BCUT2D eigenvalue weighted by Crippen LogP contribution is 2.27. The third kappa shape index (κ3) is 4.12. The molecule has 0 aliphatic carbocycles. The zero-order chi connectivity index (χ0) is 17.8. The van der Waals surface area contributed by atoms with Gasteiger partial charge in [0.1, 0.15) is 5.75 Å². The summed E-state index contributed by atoms with van der Waals surface area (Å²) in [7, 11) is 1.34. The summed E-state index contributed by atoms with van der Waals surface area (Å²) in [6, 6.07) is 14.0. The summed E-state index contributed by atoms with van der Waals surface area (Å²) in [6.45, 7) is 1.03. The molecule has 25 heavy (non-hydrogen) atoms. The van der Waals surface area contributed by atoms with Crippen molar-refractivity contribution in [1.82, 2.24) is 0 Å². The van der Waals surface area contributed by atoms with Crippen molar-refractivity contribution in [3.63, 3.8) is 0 Å². The summed E-state index contributed by atoms with van der Waals surface area (Å²) in [6.07, 6.45) is 0.437. The van der Waals surface area contributed by atoms with Crippen molar-refractivity contribution in [2.75, 3.05) is 25.2 Å². The minimum absolute atomic E-state index is 0.0666. The van der Waals surface area contributed by atoms with Crippen LogP contribution in [-0.4, -0.2) is 32.1 Å². The van der Waals surface area contributed by atoms with Gasteiger partial charge in [-0.3, -0.25) is 4.79 Å². The lowest BCUT2D eigenvalue weighted by Crippen LogP contribution is -2.25. The Kier molecular flexibility index (Phi) is 5.24. The van der Waals surface area contributed by atoms with E-state index in [2.05, 4.69) is 4.74 Å². The predicted octanol–water partition coefficient (Wildman–Crippen LogP) is 3.56. The molecule has 2 aromatic rings. The van der Waals surface area contributed by atoms with Gasteiger partial charge in [0.05, 0.1) is 19.3 Å². The highest BCUT2D eigenvalue weighted by atomic mass is 35.5. The van der Waals surface area contributed by atoms with Gasteiger partial charge < -0.3 is 14.4 Å². The maximum atomic E-state index is 12.2. The first-order valence-electron chi connectivity index (χ1n) is 7.94. The van der Waals surface area contributed by atoms with Gasteiger partial charge >= 0.3 is 5.97 Å². The molecule has 1 aliphatic heterocycles. The van der Waals surface area contributed by atoms with Crippen LogP contribution in [0.2, 0.25) is 5.02 Å². The molecule has 1 saturated heterocycles. The maximum absolute atomic E-state index is 12.2. The number of ether oxygens (including phenoxy) is 2. The molecule has 130 valence electrons. The van der Waals surface area contributed by atoms with Gasteiger partial charge in [0.2, 0.25) is 5.91 Å². The number of rotatable bonds is 5. The third-order valence-corrected chi connectivity index (χ3v) is 4.32. The van der Waals surface area contributed by atoms with E-state index in [0.717, 1.165) is 5.69 Å². The molecule has 5 nitrogen and oxygen atoms in total. The summed E-state index contributed by atoms with van der Waals surface area (Å²) >= 11 is 6.00. The zero-order valence-corrected chi connectivity index (χ0v) is 14.5. The minimum atomic E-state index is -0.384. The second-order valence-corrected chi connectivity index (χ2v) is 6.32. The number of halogens is 1. The molecule has 6 heteroatoms. The Morgan fingerprint density at radius 2 is 2.00 bits per heavy atom. The molecule has 1 heterocycles. The predicted molar refractivity (Wildman–Crippen MR) is 95.2 cm³/mol. The Labute approximate surface area is 151 Å². The molecule has 0 saturated carbocycles. The third-order valence-electron chi connectivity index (χ3n) is 4.09. The van der Waals surface area contributed by atoms with Gasteiger partial charge in [0.15, 0.2) is 0 Å². The first-order chi connectivity index (χ1) is 12.1. The lowest BCUT2D eigenvalue weighted by atomic mass is 10.1. The number of methoxy groups -OCH3 is 1. The zero-order valence-electron chi connectivity index (χ0n) is 13.8. The van der Waals surface area contributed by atoms with E-state index >= 15 is 0 Å². The van der Waals surface area contributed by atoms with Crippen LogP contribution in [0.25, 0.3) is 0 Å². The van der Waals surface area contributed by atoms with Crippen LogP contribution in [0.5, 0.6) is 5.75 Å². The van der Waals surface area contributed by atoms with Crippen LogP contribution in [0.1, 0.15) is 16.8 Å². The summed E-state index contributed by atoms with van der Waals surface area (Å²) in [4.78, 5) is 25.4. The van der Waals surface area contributed by atoms with E-state index in [0.29, 0.717) is 35.9 Å². The summed E-state index contributed by atoms with van der Waals surface area (Å²) in [5.74, 6) is 0.440. The van der Waals surface area contributed by atoms with E-state index in [1.807, 2.05) is 12.1 Å². The molecule has 1 amide bonds. The number of hydrogen-bond acceptors (Lipinski definition) is 4. The number of anilines is 1. The summed E-state index contributed by atoms with van der Waals surface area (Å²) in [5.41, 5.74) is 1.28. The Bertz CT molecular complexity index is 775. The molecule has 1 aliphatic rings. The fourth-order valence-electron chi connectivity index (χ4n) is 2.81. The molecule has 0 N–H and O–H groups in total. The van der Waals surface area contributed by atoms with E-state index in [9.17, 15) is 9.59 Å². The van der Waals surface area contributed by atoms with E-state index in [1.165, 1.54) is 7.11 Å². The van der Waals surface area contributed by atoms with Crippen LogP contribution in [0.15, 0.2) is 48.5 Å². The van der Waals surface area contributed by atoms with Gasteiger partial charge in [-0.1, -0.05) is 17.7 Å². The van der Waals surface area contributed by atoms with Crippen LogP contribution < -0.4 is 9.64 Å². The van der Waals surface area contributed by atoms with Crippen LogP contribution in [0.3, 0.4) is 0 Å². The fraction of sp³-hybridized carbons (Fsp3) is 0.263. The second kappa shape index (κ2) is 7.57. The van der Waals surface area contributed by atoms with E-state index in [1.54, 1.807) is 41.3 Å². The molecule has 0 radical (unpaired) electrons. The monoisotopic (exact) mass is 359 g/mol. The molecule has 0 bridgehead atoms. The number of carbonyl (C=O) groups excluding carboxylic acids is 2. The smallest absolute Gasteiger partial charge is 0.337 e. The Balaban J connectivity index is 1.58. The van der Waals surface area contributed by atoms with Crippen LogP contribution in [0, 0.1) is 5.92 Å². The lowest BCUT2D eigenvalue weighted by molar-refractivity contribution is -0.117. The largest absolute Gasteiger partial charge is 0.493 e. The number of nitrogens with zero attached hydrogens (tertiary/aromatic N) is 1. The number of amides is 1. The maximum Gasteiger partial charge on any atom is 0.337 e. The fourth-order valence-corrected chi connectivity index (χ4v) is 2.99. The minimum Gasteiger partial charge on any atom is -0.493 e. The average Bonchev–Trinajstić information content (AvgIpc) is 3.00. The average molecular weight is 360 g/mol. The van der Waals surface area contributed by atoms with Crippen molar-refractivity contribution in [1.29, 1.82) is 0 Å². The van der Waals surface area contributed by atoms with Gasteiger partial charge in [0, 0.05) is 29.6 Å². The van der Waals surface area contributed by atoms with E-state index in [4.69, 9.17) is 16.3 Å². The molecular weight excluding hydrogens is 342 g/mol. The number of benzene rings is 2. The van der Waals surface area contributed by atoms with Crippen molar-refractivity contribution in [3.05, 3.63) is 59.1 Å². The number of carbonyl (C=O) groups is 2. The van der Waals surface area contributed by atoms with Gasteiger partial charge in [-0.15, -0.1) is 0 Å². The first-order valence-corrected chi connectivity index (χ1v) is 8.31. The Morgan fingerprint density at radius 3 is 2.68 bits per heavy atom. The van der Waals surface area contributed by atoms with Gasteiger partial charge in [-0.05, 0) is 42.5 Å². The molecule has 1 fully saturated rings. The molecule has 2 aromatic carbocycles. The SMILES string of the molecule is COC(=O)c1ccc(OCC2CC(=O)N(c3cccc(Cl)c3)C2)cc1. The van der Waals surface area contributed by atoms with Crippen LogP contribution in [0.4, 0.5) is 5.69 Å². The molecule has 0 aromatic heterocycles. The van der Waals surface area contributed by atoms with Crippen molar-refractivity contribution in [3.8, 4) is 5.75 Å².